The number of carbonyl (C=O) groups is 2. The average Bonchev–Trinajstić information content (AvgIpc) is 2.74. The summed E-state index contributed by atoms with van der Waals surface area (Å²) in [6.45, 7) is 3.85. The van der Waals surface area contributed by atoms with Gasteiger partial charge >= 0.3 is 10.2 Å². The molecule has 2 aromatic rings. The second-order valence-corrected chi connectivity index (χ2v) is 9.50. The Bertz CT molecular complexity index is 1070. The molecule has 2 aromatic carbocycles. The molecule has 0 aliphatic heterocycles. The van der Waals surface area contributed by atoms with Gasteiger partial charge in [-0.1, -0.05) is 24.3 Å². The topological polar surface area (TPSA) is 108 Å². The molecule has 10 heteroatoms. The minimum Gasteiger partial charge on any atom is -0.383 e. The maximum atomic E-state index is 13.0. The van der Waals surface area contributed by atoms with Gasteiger partial charge in [-0.05, 0) is 43.2 Å². The normalized spacial score (nSPS) is 11.3. The van der Waals surface area contributed by atoms with Crippen LogP contribution in [0.3, 0.4) is 0 Å². The molecule has 0 aromatic heterocycles. The molecule has 2 N–H and O–H groups in total. The highest BCUT2D eigenvalue weighted by Gasteiger charge is 2.29. The molecule has 0 radical (unpaired) electrons. The minimum atomic E-state index is -3.95. The largest absolute Gasteiger partial charge is 0.383 e. The highest BCUT2D eigenvalue weighted by Crippen LogP contribution is 2.25. The predicted molar refractivity (Wildman–Crippen MR) is 125 cm³/mol. The summed E-state index contributed by atoms with van der Waals surface area (Å²) < 4.78 is 33.0. The summed E-state index contributed by atoms with van der Waals surface area (Å²) in [5, 5.41) is 5.38. The fourth-order valence-electron chi connectivity index (χ4n) is 2.95. The van der Waals surface area contributed by atoms with Gasteiger partial charge in [0, 0.05) is 27.7 Å². The number of nitrogens with one attached hydrogen (secondary N) is 2. The molecule has 0 bridgehead atoms. The molecule has 9 nitrogen and oxygen atoms in total. The zero-order chi connectivity index (χ0) is 23.9. The molecule has 32 heavy (non-hydrogen) atoms. The lowest BCUT2D eigenvalue weighted by Gasteiger charge is -2.28. The number of amides is 2. The molecule has 174 valence electrons. The lowest BCUT2D eigenvalue weighted by atomic mass is 10.1. The molecular formula is C22H30N4O5S. The second-order valence-electron chi connectivity index (χ2n) is 7.43. The van der Waals surface area contributed by atoms with E-state index in [1.165, 1.54) is 21.2 Å². The first-order chi connectivity index (χ1) is 15.1. The Morgan fingerprint density at radius 3 is 2.41 bits per heavy atom. The van der Waals surface area contributed by atoms with E-state index in [4.69, 9.17) is 4.74 Å². The van der Waals surface area contributed by atoms with E-state index >= 15 is 0 Å². The van der Waals surface area contributed by atoms with Gasteiger partial charge in [0.2, 0.25) is 5.91 Å². The average molecular weight is 463 g/mol. The van der Waals surface area contributed by atoms with Crippen molar-refractivity contribution in [1.82, 2.24) is 9.62 Å². The van der Waals surface area contributed by atoms with Crippen LogP contribution in [-0.2, 0) is 19.7 Å². The summed E-state index contributed by atoms with van der Waals surface area (Å²) in [6.07, 6.45) is 0. The van der Waals surface area contributed by atoms with E-state index in [0.29, 0.717) is 24.4 Å². The van der Waals surface area contributed by atoms with Gasteiger partial charge < -0.3 is 15.4 Å². The monoisotopic (exact) mass is 462 g/mol. The third kappa shape index (κ3) is 6.28. The van der Waals surface area contributed by atoms with Crippen molar-refractivity contribution in [2.75, 3.05) is 50.5 Å². The van der Waals surface area contributed by atoms with Gasteiger partial charge in [0.25, 0.3) is 5.91 Å². The molecule has 2 rings (SSSR count). The smallest absolute Gasteiger partial charge is 0.304 e. The molecule has 0 spiro atoms. The van der Waals surface area contributed by atoms with Gasteiger partial charge in [0.1, 0.15) is 6.54 Å². The Morgan fingerprint density at radius 1 is 1.06 bits per heavy atom. The fraction of sp³-hybridized carbons (Fsp3) is 0.364. The Balaban J connectivity index is 2.31. The lowest BCUT2D eigenvalue weighted by molar-refractivity contribution is -0.114. The van der Waals surface area contributed by atoms with E-state index in [2.05, 4.69) is 10.6 Å². The van der Waals surface area contributed by atoms with Crippen LogP contribution in [0.1, 0.15) is 21.5 Å². The highest BCUT2D eigenvalue weighted by molar-refractivity contribution is 7.90. The standard InChI is InChI=1S/C22H30N4O5S/c1-16-10-11-17(2)20(14-16)26(32(29,30)25(3)4)15-21(27)24-19-9-7-6-8-18(19)22(28)23-12-13-31-5/h6-11,14H,12-13,15H2,1-5H3,(H,23,28)(H,24,27). The van der Waals surface area contributed by atoms with E-state index in [-0.39, 0.29) is 17.2 Å². The van der Waals surface area contributed by atoms with Crippen molar-refractivity contribution in [1.29, 1.82) is 0 Å². The Labute approximate surface area is 189 Å². The first-order valence-electron chi connectivity index (χ1n) is 10.0. The van der Waals surface area contributed by atoms with Gasteiger partial charge in [0.05, 0.1) is 23.5 Å². The van der Waals surface area contributed by atoms with Gasteiger partial charge in [-0.25, -0.2) is 4.31 Å². The highest BCUT2D eigenvalue weighted by atomic mass is 32.2. The van der Waals surface area contributed by atoms with Crippen LogP contribution in [0.25, 0.3) is 0 Å². The predicted octanol–water partition coefficient (Wildman–Crippen LogP) is 1.93. The van der Waals surface area contributed by atoms with Crippen LogP contribution in [-0.4, -0.2) is 65.4 Å². The molecule has 0 heterocycles. The Morgan fingerprint density at radius 2 is 1.75 bits per heavy atom. The number of aryl methyl sites for hydroxylation is 2. The van der Waals surface area contributed by atoms with Crippen molar-refractivity contribution >= 4 is 33.4 Å². The Hall–Kier alpha value is -2.95. The van der Waals surface area contributed by atoms with E-state index < -0.39 is 22.7 Å². The third-order valence-corrected chi connectivity index (χ3v) is 6.50. The van der Waals surface area contributed by atoms with Gasteiger partial charge in [0.15, 0.2) is 0 Å². The summed E-state index contributed by atoms with van der Waals surface area (Å²) in [4.78, 5) is 25.4. The van der Waals surface area contributed by atoms with E-state index in [0.717, 1.165) is 14.2 Å². The van der Waals surface area contributed by atoms with Crippen LogP contribution >= 0.6 is 0 Å². The number of rotatable bonds is 10. The molecule has 0 atom stereocenters. The summed E-state index contributed by atoms with van der Waals surface area (Å²) >= 11 is 0. The van der Waals surface area contributed by atoms with Crippen LogP contribution in [0, 0.1) is 13.8 Å². The van der Waals surface area contributed by atoms with Gasteiger partial charge in [-0.2, -0.15) is 12.7 Å². The molecule has 0 saturated heterocycles. The minimum absolute atomic E-state index is 0.269. The number of nitrogens with zero attached hydrogens (tertiary/aromatic N) is 2. The number of methoxy groups -OCH3 is 1. The molecule has 0 unspecified atom stereocenters. The molecule has 2 amide bonds. The number of anilines is 2. The fourth-order valence-corrected chi connectivity index (χ4v) is 4.07. The quantitative estimate of drug-likeness (QED) is 0.525. The second kappa shape index (κ2) is 11.1. The summed E-state index contributed by atoms with van der Waals surface area (Å²) in [5.41, 5.74) is 2.55. The zero-order valence-corrected chi connectivity index (χ0v) is 19.8. The van der Waals surface area contributed by atoms with E-state index in [1.807, 2.05) is 13.0 Å². The molecule has 0 fully saturated rings. The number of ether oxygens (including phenoxy) is 1. The SMILES string of the molecule is COCCNC(=O)c1ccccc1NC(=O)CN(c1cc(C)ccc1C)S(=O)(=O)N(C)C. The molecular weight excluding hydrogens is 432 g/mol. The van der Waals surface area contributed by atoms with Crippen molar-refractivity contribution in [2.45, 2.75) is 13.8 Å². The molecule has 0 aliphatic carbocycles. The Kier molecular flexibility index (Phi) is 8.76. The number of hydrogen-bond acceptors (Lipinski definition) is 5. The van der Waals surface area contributed by atoms with Crippen LogP contribution in [0.2, 0.25) is 0 Å². The summed E-state index contributed by atoms with van der Waals surface area (Å²) in [7, 11) is 0.400. The van der Waals surface area contributed by atoms with E-state index in [9.17, 15) is 18.0 Å². The van der Waals surface area contributed by atoms with Crippen LogP contribution < -0.4 is 14.9 Å². The number of para-hydroxylation sites is 1. The summed E-state index contributed by atoms with van der Waals surface area (Å²) in [5.74, 6) is -0.946. The lowest BCUT2D eigenvalue weighted by Crippen LogP contribution is -2.44. The number of benzene rings is 2. The van der Waals surface area contributed by atoms with Crippen molar-refractivity contribution < 1.29 is 22.7 Å². The van der Waals surface area contributed by atoms with Crippen molar-refractivity contribution in [3.05, 3.63) is 59.2 Å². The molecule has 0 saturated carbocycles. The van der Waals surface area contributed by atoms with E-state index in [1.54, 1.807) is 43.3 Å². The number of carbonyl (C=O) groups excluding carboxylic acids is 2. The molecule has 0 aliphatic rings. The van der Waals surface area contributed by atoms with Gasteiger partial charge in [-0.15, -0.1) is 0 Å². The summed E-state index contributed by atoms with van der Waals surface area (Å²) in [6, 6.07) is 11.9. The first-order valence-corrected chi connectivity index (χ1v) is 11.4. The van der Waals surface area contributed by atoms with Crippen molar-refractivity contribution in [3.8, 4) is 0 Å². The van der Waals surface area contributed by atoms with Crippen LogP contribution in [0.5, 0.6) is 0 Å². The van der Waals surface area contributed by atoms with Gasteiger partial charge in [-0.3, -0.25) is 9.59 Å². The first kappa shape index (κ1) is 25.3. The van der Waals surface area contributed by atoms with Crippen molar-refractivity contribution in [2.24, 2.45) is 0 Å². The maximum Gasteiger partial charge on any atom is 0.304 e. The van der Waals surface area contributed by atoms with Crippen molar-refractivity contribution in [3.63, 3.8) is 0 Å². The van der Waals surface area contributed by atoms with Crippen LogP contribution in [0.4, 0.5) is 11.4 Å². The third-order valence-electron chi connectivity index (χ3n) is 4.70. The zero-order valence-electron chi connectivity index (χ0n) is 19.0. The number of hydrogen-bond donors (Lipinski definition) is 2. The maximum absolute atomic E-state index is 13.0. The van der Waals surface area contributed by atoms with Crippen LogP contribution in [0.15, 0.2) is 42.5 Å².